The summed E-state index contributed by atoms with van der Waals surface area (Å²) in [5.41, 5.74) is 1.04. The van der Waals surface area contributed by atoms with Gasteiger partial charge in [-0.3, -0.25) is 0 Å². The molecule has 0 aliphatic heterocycles. The average Bonchev–Trinajstić information content (AvgIpc) is 2.77. The van der Waals surface area contributed by atoms with E-state index in [0.717, 1.165) is 42.8 Å². The van der Waals surface area contributed by atoms with E-state index in [1.54, 1.807) is 6.07 Å². The van der Waals surface area contributed by atoms with Crippen molar-refractivity contribution < 1.29 is 8.42 Å². The minimum absolute atomic E-state index is 0.428. The van der Waals surface area contributed by atoms with Crippen LogP contribution in [0.2, 0.25) is 0 Å². The number of rotatable bonds is 10. The quantitative estimate of drug-likeness (QED) is 0.647. The SMILES string of the molecule is CCNCc1sc(S(=O)(=O)NCCCCC(C)C)cc1C. The lowest BCUT2D eigenvalue weighted by Crippen LogP contribution is -2.24. The third-order valence-corrected chi connectivity index (χ3v) is 6.47. The van der Waals surface area contributed by atoms with Crippen LogP contribution in [0.25, 0.3) is 0 Å². The number of aryl methyl sites for hydroxylation is 1. The maximum absolute atomic E-state index is 12.2. The minimum atomic E-state index is -3.35. The van der Waals surface area contributed by atoms with Crippen molar-refractivity contribution in [1.29, 1.82) is 0 Å². The summed E-state index contributed by atoms with van der Waals surface area (Å²) >= 11 is 1.36. The lowest BCUT2D eigenvalue weighted by atomic mass is 10.1. The molecule has 0 radical (unpaired) electrons. The minimum Gasteiger partial charge on any atom is -0.312 e. The number of hydrogen-bond donors (Lipinski definition) is 2. The topological polar surface area (TPSA) is 58.2 Å². The third-order valence-electron chi connectivity index (χ3n) is 3.30. The first-order chi connectivity index (χ1) is 9.86. The van der Waals surface area contributed by atoms with E-state index in [1.165, 1.54) is 11.3 Å². The van der Waals surface area contributed by atoms with Gasteiger partial charge in [0.05, 0.1) is 0 Å². The Bertz CT molecular complexity index is 522. The molecule has 122 valence electrons. The van der Waals surface area contributed by atoms with Gasteiger partial charge in [0.1, 0.15) is 4.21 Å². The highest BCUT2D eigenvalue weighted by atomic mass is 32.2. The zero-order chi connectivity index (χ0) is 15.9. The van der Waals surface area contributed by atoms with Gasteiger partial charge < -0.3 is 5.32 Å². The molecule has 6 heteroatoms. The van der Waals surface area contributed by atoms with Crippen LogP contribution in [-0.4, -0.2) is 21.5 Å². The molecule has 0 amide bonds. The maximum atomic E-state index is 12.2. The van der Waals surface area contributed by atoms with Gasteiger partial charge in [0.15, 0.2) is 0 Å². The first-order valence-corrected chi connectivity index (χ1v) is 9.96. The molecule has 1 heterocycles. The largest absolute Gasteiger partial charge is 0.312 e. The second kappa shape index (κ2) is 8.88. The molecule has 1 rings (SSSR count). The van der Waals surface area contributed by atoms with Crippen LogP contribution in [0.3, 0.4) is 0 Å². The van der Waals surface area contributed by atoms with Gasteiger partial charge in [-0.25, -0.2) is 13.1 Å². The van der Waals surface area contributed by atoms with E-state index in [-0.39, 0.29) is 0 Å². The Kier molecular flexibility index (Phi) is 7.87. The molecule has 0 spiro atoms. The third kappa shape index (κ3) is 6.46. The van der Waals surface area contributed by atoms with Gasteiger partial charge in [0, 0.05) is 18.0 Å². The molecular formula is C15H28N2O2S2. The van der Waals surface area contributed by atoms with Gasteiger partial charge >= 0.3 is 0 Å². The molecule has 0 aromatic carbocycles. The van der Waals surface area contributed by atoms with Crippen LogP contribution in [0.1, 0.15) is 50.5 Å². The summed E-state index contributed by atoms with van der Waals surface area (Å²) in [6.45, 7) is 10.5. The lowest BCUT2D eigenvalue weighted by Gasteiger charge is -2.06. The molecule has 0 saturated carbocycles. The zero-order valence-corrected chi connectivity index (χ0v) is 15.2. The highest BCUT2D eigenvalue weighted by molar-refractivity contribution is 7.91. The highest BCUT2D eigenvalue weighted by Crippen LogP contribution is 2.25. The summed E-state index contributed by atoms with van der Waals surface area (Å²) in [6, 6.07) is 1.77. The summed E-state index contributed by atoms with van der Waals surface area (Å²) in [7, 11) is -3.35. The van der Waals surface area contributed by atoms with Crippen LogP contribution >= 0.6 is 11.3 Å². The first-order valence-electron chi connectivity index (χ1n) is 7.66. The van der Waals surface area contributed by atoms with E-state index in [1.807, 2.05) is 13.8 Å². The van der Waals surface area contributed by atoms with Crippen LogP contribution in [0.15, 0.2) is 10.3 Å². The standard InChI is InChI=1S/C15H28N2O2S2/c1-5-16-11-14-13(4)10-15(20-14)21(18,19)17-9-7-6-8-12(2)3/h10,12,16-17H,5-9,11H2,1-4H3. The van der Waals surface area contributed by atoms with E-state index < -0.39 is 10.0 Å². The second-order valence-electron chi connectivity index (χ2n) is 5.74. The Hall–Kier alpha value is -0.430. The van der Waals surface area contributed by atoms with Crippen LogP contribution in [-0.2, 0) is 16.6 Å². The van der Waals surface area contributed by atoms with Gasteiger partial charge in [-0.05, 0) is 37.4 Å². The lowest BCUT2D eigenvalue weighted by molar-refractivity contribution is 0.531. The van der Waals surface area contributed by atoms with Crippen LogP contribution in [0.5, 0.6) is 0 Å². The molecule has 4 nitrogen and oxygen atoms in total. The predicted molar refractivity (Wildman–Crippen MR) is 90.3 cm³/mol. The Labute approximate surface area is 133 Å². The molecule has 0 unspecified atom stereocenters. The highest BCUT2D eigenvalue weighted by Gasteiger charge is 2.18. The van der Waals surface area contributed by atoms with Crippen LogP contribution < -0.4 is 10.0 Å². The monoisotopic (exact) mass is 332 g/mol. The first kappa shape index (κ1) is 18.6. The Morgan fingerprint density at radius 2 is 2.00 bits per heavy atom. The molecule has 0 bridgehead atoms. The number of hydrogen-bond acceptors (Lipinski definition) is 4. The molecule has 0 atom stereocenters. The molecule has 1 aromatic rings. The molecule has 2 N–H and O–H groups in total. The van der Waals surface area contributed by atoms with Crippen LogP contribution in [0.4, 0.5) is 0 Å². The number of sulfonamides is 1. The van der Waals surface area contributed by atoms with Gasteiger partial charge in [-0.2, -0.15) is 0 Å². The summed E-state index contributed by atoms with van der Waals surface area (Å²) in [5.74, 6) is 0.676. The molecule has 1 aromatic heterocycles. The van der Waals surface area contributed by atoms with E-state index in [0.29, 0.717) is 16.7 Å². The van der Waals surface area contributed by atoms with Crippen molar-refractivity contribution in [3.05, 3.63) is 16.5 Å². The van der Waals surface area contributed by atoms with E-state index in [9.17, 15) is 8.42 Å². The molecule has 21 heavy (non-hydrogen) atoms. The van der Waals surface area contributed by atoms with Crippen molar-refractivity contribution in [2.45, 2.75) is 57.7 Å². The van der Waals surface area contributed by atoms with Gasteiger partial charge in [-0.15, -0.1) is 11.3 Å². The fourth-order valence-corrected chi connectivity index (χ4v) is 4.67. The fourth-order valence-electron chi connectivity index (χ4n) is 1.99. The van der Waals surface area contributed by atoms with E-state index in [4.69, 9.17) is 0 Å². The summed E-state index contributed by atoms with van der Waals surface area (Å²) in [6.07, 6.45) is 3.11. The number of unbranched alkanes of at least 4 members (excludes halogenated alkanes) is 1. The Morgan fingerprint density at radius 1 is 1.29 bits per heavy atom. The predicted octanol–water partition coefficient (Wildman–Crippen LogP) is 3.27. The molecule has 0 aliphatic carbocycles. The Morgan fingerprint density at radius 3 is 2.62 bits per heavy atom. The molecule has 0 saturated heterocycles. The molecular weight excluding hydrogens is 304 g/mol. The summed E-state index contributed by atoms with van der Waals surface area (Å²) in [4.78, 5) is 1.09. The molecule has 0 fully saturated rings. The molecule has 0 aliphatic rings. The van der Waals surface area contributed by atoms with Crippen molar-refractivity contribution >= 4 is 21.4 Å². The average molecular weight is 333 g/mol. The fraction of sp³-hybridized carbons (Fsp3) is 0.733. The van der Waals surface area contributed by atoms with Crippen LogP contribution in [0, 0.1) is 12.8 Å². The van der Waals surface area contributed by atoms with E-state index in [2.05, 4.69) is 23.9 Å². The van der Waals surface area contributed by atoms with Gasteiger partial charge in [-0.1, -0.05) is 33.6 Å². The normalized spacial score (nSPS) is 12.2. The van der Waals surface area contributed by atoms with Crippen molar-refractivity contribution in [3.8, 4) is 0 Å². The van der Waals surface area contributed by atoms with Gasteiger partial charge in [0.2, 0.25) is 10.0 Å². The summed E-state index contributed by atoms with van der Waals surface area (Å²) < 4.78 is 27.6. The van der Waals surface area contributed by atoms with Crippen molar-refractivity contribution in [2.75, 3.05) is 13.1 Å². The zero-order valence-electron chi connectivity index (χ0n) is 13.5. The van der Waals surface area contributed by atoms with Gasteiger partial charge in [0.25, 0.3) is 0 Å². The summed E-state index contributed by atoms with van der Waals surface area (Å²) in [5, 5.41) is 3.24. The Balaban J connectivity index is 2.54. The van der Waals surface area contributed by atoms with E-state index >= 15 is 0 Å². The van der Waals surface area contributed by atoms with Crippen molar-refractivity contribution in [1.82, 2.24) is 10.0 Å². The van der Waals surface area contributed by atoms with Crippen molar-refractivity contribution in [3.63, 3.8) is 0 Å². The number of nitrogens with one attached hydrogen (secondary N) is 2. The van der Waals surface area contributed by atoms with Crippen molar-refractivity contribution in [2.24, 2.45) is 5.92 Å². The maximum Gasteiger partial charge on any atom is 0.250 e. The number of thiophene rings is 1. The second-order valence-corrected chi connectivity index (χ2v) is 8.87. The smallest absolute Gasteiger partial charge is 0.250 e.